The van der Waals surface area contributed by atoms with Gasteiger partial charge in [0.2, 0.25) is 0 Å². The average Bonchev–Trinajstić information content (AvgIpc) is 2.55. The molecular formula is C16H13FN4. The molecule has 0 saturated heterocycles. The maximum absolute atomic E-state index is 13.5. The Morgan fingerprint density at radius 3 is 2.57 bits per heavy atom. The Balaban J connectivity index is 2.21. The van der Waals surface area contributed by atoms with E-state index >= 15 is 0 Å². The summed E-state index contributed by atoms with van der Waals surface area (Å²) in [4.78, 5) is 12.7. The molecule has 3 aromatic rings. The van der Waals surface area contributed by atoms with Crippen LogP contribution in [0, 0.1) is 5.82 Å². The molecule has 0 bridgehead atoms. The maximum Gasteiger partial charge on any atom is 0.142 e. The van der Waals surface area contributed by atoms with E-state index in [1.165, 1.54) is 12.1 Å². The molecule has 2 heterocycles. The van der Waals surface area contributed by atoms with Gasteiger partial charge in [0.15, 0.2) is 0 Å². The first-order valence-electron chi connectivity index (χ1n) is 6.50. The van der Waals surface area contributed by atoms with E-state index < -0.39 is 0 Å². The number of hydrogen-bond donors (Lipinski definition) is 1. The van der Waals surface area contributed by atoms with Crippen molar-refractivity contribution in [3.8, 4) is 22.4 Å². The van der Waals surface area contributed by atoms with Crippen molar-refractivity contribution >= 4 is 0 Å². The molecule has 0 fully saturated rings. The number of nitrogens with zero attached hydrogens (tertiary/aromatic N) is 3. The summed E-state index contributed by atoms with van der Waals surface area (Å²) in [6.45, 7) is 0.235. The van der Waals surface area contributed by atoms with Crippen molar-refractivity contribution in [2.75, 3.05) is 0 Å². The van der Waals surface area contributed by atoms with E-state index in [9.17, 15) is 4.39 Å². The molecule has 21 heavy (non-hydrogen) atoms. The standard InChI is InChI=1S/C16H13FN4/c17-13-3-1-2-12(8-13)16-14(10-20-15(9-18)21-16)11-4-6-19-7-5-11/h1-8,10H,9,18H2. The van der Waals surface area contributed by atoms with E-state index in [0.29, 0.717) is 17.1 Å². The number of aromatic nitrogens is 3. The maximum atomic E-state index is 13.5. The van der Waals surface area contributed by atoms with E-state index in [-0.39, 0.29) is 12.4 Å². The Morgan fingerprint density at radius 1 is 1.05 bits per heavy atom. The molecule has 0 saturated carbocycles. The van der Waals surface area contributed by atoms with E-state index in [1.54, 1.807) is 24.7 Å². The summed E-state index contributed by atoms with van der Waals surface area (Å²) >= 11 is 0. The summed E-state index contributed by atoms with van der Waals surface area (Å²) in [5, 5.41) is 0. The van der Waals surface area contributed by atoms with Crippen LogP contribution in [-0.2, 0) is 6.54 Å². The van der Waals surface area contributed by atoms with Crippen LogP contribution in [0.15, 0.2) is 55.0 Å². The highest BCUT2D eigenvalue weighted by Crippen LogP contribution is 2.29. The van der Waals surface area contributed by atoms with Crippen molar-refractivity contribution in [2.24, 2.45) is 5.73 Å². The van der Waals surface area contributed by atoms with E-state index in [4.69, 9.17) is 5.73 Å². The number of pyridine rings is 1. The van der Waals surface area contributed by atoms with Gasteiger partial charge in [0, 0.05) is 29.7 Å². The zero-order chi connectivity index (χ0) is 14.7. The monoisotopic (exact) mass is 280 g/mol. The van der Waals surface area contributed by atoms with Crippen LogP contribution in [0.3, 0.4) is 0 Å². The fourth-order valence-corrected chi connectivity index (χ4v) is 2.12. The number of nitrogens with two attached hydrogens (primary N) is 1. The first-order chi connectivity index (χ1) is 10.3. The molecule has 2 aromatic heterocycles. The molecule has 4 nitrogen and oxygen atoms in total. The lowest BCUT2D eigenvalue weighted by Gasteiger charge is -2.10. The Labute approximate surface area is 121 Å². The lowest BCUT2D eigenvalue weighted by molar-refractivity contribution is 0.628. The van der Waals surface area contributed by atoms with Crippen LogP contribution in [0.4, 0.5) is 4.39 Å². The van der Waals surface area contributed by atoms with Gasteiger partial charge in [-0.3, -0.25) is 4.98 Å². The van der Waals surface area contributed by atoms with Crippen LogP contribution in [0.5, 0.6) is 0 Å². The van der Waals surface area contributed by atoms with Crippen LogP contribution in [0.1, 0.15) is 5.82 Å². The van der Waals surface area contributed by atoms with Crippen LogP contribution < -0.4 is 5.73 Å². The molecule has 5 heteroatoms. The zero-order valence-electron chi connectivity index (χ0n) is 11.2. The summed E-state index contributed by atoms with van der Waals surface area (Å²) in [7, 11) is 0. The molecule has 0 aliphatic carbocycles. The van der Waals surface area contributed by atoms with Gasteiger partial charge in [0.1, 0.15) is 11.6 Å². The third-order valence-corrected chi connectivity index (χ3v) is 3.11. The van der Waals surface area contributed by atoms with E-state index in [0.717, 1.165) is 11.1 Å². The molecule has 0 spiro atoms. The summed E-state index contributed by atoms with van der Waals surface area (Å²) in [6, 6.07) is 10.1. The fourth-order valence-electron chi connectivity index (χ4n) is 2.12. The van der Waals surface area contributed by atoms with Gasteiger partial charge in [0.25, 0.3) is 0 Å². The Bertz CT molecular complexity index is 759. The third-order valence-electron chi connectivity index (χ3n) is 3.11. The lowest BCUT2D eigenvalue weighted by atomic mass is 10.0. The molecule has 1 aromatic carbocycles. The van der Waals surface area contributed by atoms with E-state index in [2.05, 4.69) is 15.0 Å². The van der Waals surface area contributed by atoms with Crippen LogP contribution in [-0.4, -0.2) is 15.0 Å². The van der Waals surface area contributed by atoms with Crippen LogP contribution in [0.2, 0.25) is 0 Å². The number of hydrogen-bond acceptors (Lipinski definition) is 4. The highest BCUT2D eigenvalue weighted by Gasteiger charge is 2.11. The largest absolute Gasteiger partial charge is 0.324 e. The van der Waals surface area contributed by atoms with Gasteiger partial charge in [-0.1, -0.05) is 12.1 Å². The minimum Gasteiger partial charge on any atom is -0.324 e. The van der Waals surface area contributed by atoms with Gasteiger partial charge in [-0.25, -0.2) is 14.4 Å². The van der Waals surface area contributed by atoms with Gasteiger partial charge >= 0.3 is 0 Å². The van der Waals surface area contributed by atoms with Gasteiger partial charge in [-0.05, 0) is 29.8 Å². The fraction of sp³-hybridized carbons (Fsp3) is 0.0625. The van der Waals surface area contributed by atoms with Crippen LogP contribution in [0.25, 0.3) is 22.4 Å². The topological polar surface area (TPSA) is 64.7 Å². The summed E-state index contributed by atoms with van der Waals surface area (Å²) in [5.41, 5.74) is 8.71. The predicted molar refractivity (Wildman–Crippen MR) is 78.5 cm³/mol. The van der Waals surface area contributed by atoms with Gasteiger partial charge in [-0.15, -0.1) is 0 Å². The van der Waals surface area contributed by atoms with Gasteiger partial charge < -0.3 is 5.73 Å². The molecule has 3 rings (SSSR count). The molecule has 0 amide bonds. The summed E-state index contributed by atoms with van der Waals surface area (Å²) < 4.78 is 13.5. The van der Waals surface area contributed by atoms with Crippen molar-refractivity contribution in [2.45, 2.75) is 6.54 Å². The van der Waals surface area contributed by atoms with Crippen LogP contribution >= 0.6 is 0 Å². The van der Waals surface area contributed by atoms with Gasteiger partial charge in [0.05, 0.1) is 12.2 Å². The minimum absolute atomic E-state index is 0.235. The first-order valence-corrected chi connectivity index (χ1v) is 6.50. The smallest absolute Gasteiger partial charge is 0.142 e. The molecule has 2 N–H and O–H groups in total. The van der Waals surface area contributed by atoms with Crippen molar-refractivity contribution in [3.05, 3.63) is 66.6 Å². The first kappa shape index (κ1) is 13.3. The Kier molecular flexibility index (Phi) is 3.66. The lowest BCUT2D eigenvalue weighted by Crippen LogP contribution is -2.04. The summed E-state index contributed by atoms with van der Waals surface area (Å²) in [5.74, 6) is 0.216. The highest BCUT2D eigenvalue weighted by molar-refractivity contribution is 5.79. The highest BCUT2D eigenvalue weighted by atomic mass is 19.1. The number of halogens is 1. The minimum atomic E-state index is -0.305. The summed E-state index contributed by atoms with van der Waals surface area (Å²) in [6.07, 6.45) is 5.10. The van der Waals surface area contributed by atoms with Crippen molar-refractivity contribution in [1.29, 1.82) is 0 Å². The quantitative estimate of drug-likeness (QED) is 0.801. The molecule has 0 radical (unpaired) electrons. The Hall–Kier alpha value is -2.66. The molecular weight excluding hydrogens is 267 g/mol. The number of rotatable bonds is 3. The normalized spacial score (nSPS) is 10.6. The SMILES string of the molecule is NCc1ncc(-c2ccncc2)c(-c2cccc(F)c2)n1. The second-order valence-electron chi connectivity index (χ2n) is 4.50. The van der Waals surface area contributed by atoms with Crippen molar-refractivity contribution in [3.63, 3.8) is 0 Å². The van der Waals surface area contributed by atoms with Crippen molar-refractivity contribution < 1.29 is 4.39 Å². The molecule has 0 aliphatic heterocycles. The van der Waals surface area contributed by atoms with E-state index in [1.807, 2.05) is 18.2 Å². The second kappa shape index (κ2) is 5.76. The average molecular weight is 280 g/mol. The molecule has 104 valence electrons. The Morgan fingerprint density at radius 2 is 1.86 bits per heavy atom. The zero-order valence-corrected chi connectivity index (χ0v) is 11.2. The van der Waals surface area contributed by atoms with Crippen molar-refractivity contribution in [1.82, 2.24) is 15.0 Å². The predicted octanol–water partition coefficient (Wildman–Crippen LogP) is 2.80. The molecule has 0 unspecified atom stereocenters. The molecule has 0 aliphatic rings. The third kappa shape index (κ3) is 2.78. The number of benzene rings is 1. The molecule has 0 atom stereocenters. The van der Waals surface area contributed by atoms with Gasteiger partial charge in [-0.2, -0.15) is 0 Å². The second-order valence-corrected chi connectivity index (χ2v) is 4.50.